The van der Waals surface area contributed by atoms with E-state index in [1.54, 1.807) is 6.92 Å². The van der Waals surface area contributed by atoms with Gasteiger partial charge in [-0.3, -0.25) is 0 Å². The van der Waals surface area contributed by atoms with Gasteiger partial charge in [-0.05, 0) is 37.5 Å². The SMILES string of the molecule is C=C(C)C(=O)Oc1cccc(CCCCCCCCCCCCCCCC)c1. The number of esters is 1. The molecule has 0 heterocycles. The Labute approximate surface area is 173 Å². The van der Waals surface area contributed by atoms with Gasteiger partial charge < -0.3 is 4.74 Å². The zero-order valence-corrected chi connectivity index (χ0v) is 18.4. The topological polar surface area (TPSA) is 26.3 Å². The summed E-state index contributed by atoms with van der Waals surface area (Å²) in [5, 5.41) is 0. The van der Waals surface area contributed by atoms with E-state index in [1.165, 1.54) is 95.5 Å². The average molecular weight is 387 g/mol. The van der Waals surface area contributed by atoms with Gasteiger partial charge in [0.15, 0.2) is 0 Å². The van der Waals surface area contributed by atoms with Crippen LogP contribution in [0.1, 0.15) is 109 Å². The van der Waals surface area contributed by atoms with Crippen molar-refractivity contribution in [3.05, 3.63) is 42.0 Å². The molecule has 0 spiro atoms. The largest absolute Gasteiger partial charge is 0.423 e. The van der Waals surface area contributed by atoms with Gasteiger partial charge >= 0.3 is 5.97 Å². The number of carbonyl (C=O) groups is 1. The Hall–Kier alpha value is -1.57. The minimum absolute atomic E-state index is 0.353. The van der Waals surface area contributed by atoms with Crippen LogP contribution in [0.15, 0.2) is 36.4 Å². The summed E-state index contributed by atoms with van der Waals surface area (Å²) in [4.78, 5) is 11.6. The molecule has 1 aromatic rings. The van der Waals surface area contributed by atoms with Gasteiger partial charge in [-0.2, -0.15) is 0 Å². The third kappa shape index (κ3) is 12.8. The van der Waals surface area contributed by atoms with E-state index in [-0.39, 0.29) is 5.97 Å². The van der Waals surface area contributed by atoms with Crippen molar-refractivity contribution in [1.82, 2.24) is 0 Å². The van der Waals surface area contributed by atoms with Gasteiger partial charge in [-0.1, -0.05) is 109 Å². The van der Waals surface area contributed by atoms with E-state index in [4.69, 9.17) is 4.74 Å². The number of hydrogen-bond acceptors (Lipinski definition) is 2. The number of rotatable bonds is 17. The lowest BCUT2D eigenvalue weighted by Gasteiger charge is -2.07. The molecular formula is C26H42O2. The van der Waals surface area contributed by atoms with Crippen LogP contribution in [-0.2, 0) is 11.2 Å². The van der Waals surface area contributed by atoms with Crippen LogP contribution in [0, 0.1) is 0 Å². The molecule has 1 aromatic carbocycles. The van der Waals surface area contributed by atoms with E-state index >= 15 is 0 Å². The quantitative estimate of drug-likeness (QED) is 0.117. The molecule has 0 bridgehead atoms. The third-order valence-corrected chi connectivity index (χ3v) is 5.28. The normalized spacial score (nSPS) is 10.8. The van der Waals surface area contributed by atoms with Gasteiger partial charge in [0.2, 0.25) is 0 Å². The van der Waals surface area contributed by atoms with Crippen molar-refractivity contribution >= 4 is 5.97 Å². The van der Waals surface area contributed by atoms with Crippen molar-refractivity contribution in [2.75, 3.05) is 0 Å². The van der Waals surface area contributed by atoms with Gasteiger partial charge in [0.05, 0.1) is 0 Å². The third-order valence-electron chi connectivity index (χ3n) is 5.28. The van der Waals surface area contributed by atoms with Crippen molar-refractivity contribution in [2.45, 2.75) is 110 Å². The van der Waals surface area contributed by atoms with E-state index in [1.807, 2.05) is 18.2 Å². The van der Waals surface area contributed by atoms with Crippen molar-refractivity contribution in [3.8, 4) is 5.75 Å². The summed E-state index contributed by atoms with van der Waals surface area (Å²) in [6, 6.07) is 7.87. The molecule has 2 nitrogen and oxygen atoms in total. The van der Waals surface area contributed by atoms with Crippen LogP contribution >= 0.6 is 0 Å². The average Bonchev–Trinajstić information content (AvgIpc) is 2.68. The van der Waals surface area contributed by atoms with Crippen molar-refractivity contribution in [2.24, 2.45) is 0 Å². The maximum Gasteiger partial charge on any atom is 0.338 e. The first-order chi connectivity index (χ1) is 13.6. The monoisotopic (exact) mass is 386 g/mol. The van der Waals surface area contributed by atoms with E-state index in [0.717, 1.165) is 6.42 Å². The minimum Gasteiger partial charge on any atom is -0.423 e. The predicted octanol–water partition coefficient (Wildman–Crippen LogP) is 8.19. The number of benzene rings is 1. The van der Waals surface area contributed by atoms with Crippen LogP contribution in [0.25, 0.3) is 0 Å². The van der Waals surface area contributed by atoms with Crippen LogP contribution in [0.3, 0.4) is 0 Å². The number of carbonyl (C=O) groups excluding carboxylic acids is 1. The minimum atomic E-state index is -0.353. The van der Waals surface area contributed by atoms with Gasteiger partial charge in [-0.15, -0.1) is 0 Å². The summed E-state index contributed by atoms with van der Waals surface area (Å²) < 4.78 is 5.30. The fraction of sp³-hybridized carbons (Fsp3) is 0.654. The van der Waals surface area contributed by atoms with E-state index in [0.29, 0.717) is 11.3 Å². The molecule has 0 atom stereocenters. The lowest BCUT2D eigenvalue weighted by atomic mass is 10.0. The highest BCUT2D eigenvalue weighted by molar-refractivity contribution is 5.88. The summed E-state index contributed by atoms with van der Waals surface area (Å²) in [7, 11) is 0. The molecule has 0 N–H and O–H groups in total. The number of aryl methyl sites for hydroxylation is 1. The Bertz CT molecular complexity index is 547. The first kappa shape index (κ1) is 24.5. The summed E-state index contributed by atoms with van der Waals surface area (Å²) >= 11 is 0. The highest BCUT2D eigenvalue weighted by Gasteiger charge is 2.05. The lowest BCUT2D eigenvalue weighted by Crippen LogP contribution is -2.08. The molecule has 0 amide bonds. The van der Waals surface area contributed by atoms with Gasteiger partial charge in [0, 0.05) is 5.57 Å². The summed E-state index contributed by atoms with van der Waals surface area (Å²) in [6.07, 6.45) is 20.4. The Morgan fingerprint density at radius 2 is 1.32 bits per heavy atom. The molecule has 0 aliphatic heterocycles. The van der Waals surface area contributed by atoms with Crippen LogP contribution in [-0.4, -0.2) is 5.97 Å². The Kier molecular flexibility index (Phi) is 14.3. The molecule has 0 saturated heterocycles. The summed E-state index contributed by atoms with van der Waals surface area (Å²) in [5.41, 5.74) is 1.67. The standard InChI is InChI=1S/C26H42O2/c1-4-5-6-7-8-9-10-11-12-13-14-15-16-17-19-24-20-18-21-25(22-24)28-26(27)23(2)3/h18,20-22H,2,4-17,19H2,1,3H3. The Morgan fingerprint density at radius 3 is 1.82 bits per heavy atom. The predicted molar refractivity (Wildman–Crippen MR) is 121 cm³/mol. The number of hydrogen-bond donors (Lipinski definition) is 0. The highest BCUT2D eigenvalue weighted by Crippen LogP contribution is 2.18. The molecule has 0 unspecified atom stereocenters. The Balaban J connectivity index is 1.97. The first-order valence-corrected chi connectivity index (χ1v) is 11.6. The zero-order valence-electron chi connectivity index (χ0n) is 18.4. The molecule has 0 aliphatic rings. The highest BCUT2D eigenvalue weighted by atomic mass is 16.5. The molecule has 0 saturated carbocycles. The van der Waals surface area contributed by atoms with Crippen LogP contribution in [0.2, 0.25) is 0 Å². The molecule has 1 rings (SSSR count). The number of ether oxygens (including phenoxy) is 1. The smallest absolute Gasteiger partial charge is 0.338 e. The molecule has 158 valence electrons. The molecule has 0 aromatic heterocycles. The van der Waals surface area contributed by atoms with Gasteiger partial charge in [0.25, 0.3) is 0 Å². The van der Waals surface area contributed by atoms with Gasteiger partial charge in [-0.25, -0.2) is 4.79 Å². The Morgan fingerprint density at radius 1 is 0.821 bits per heavy atom. The van der Waals surface area contributed by atoms with Crippen molar-refractivity contribution in [1.29, 1.82) is 0 Å². The van der Waals surface area contributed by atoms with Crippen molar-refractivity contribution < 1.29 is 9.53 Å². The maximum atomic E-state index is 11.6. The van der Waals surface area contributed by atoms with Crippen molar-refractivity contribution in [3.63, 3.8) is 0 Å². The molecule has 0 fully saturated rings. The van der Waals surface area contributed by atoms with Crippen LogP contribution in [0.4, 0.5) is 0 Å². The van der Waals surface area contributed by atoms with E-state index in [9.17, 15) is 4.79 Å². The number of unbranched alkanes of at least 4 members (excludes halogenated alkanes) is 13. The van der Waals surface area contributed by atoms with Crippen LogP contribution in [0.5, 0.6) is 5.75 Å². The second kappa shape index (κ2) is 16.4. The molecular weight excluding hydrogens is 344 g/mol. The summed E-state index contributed by atoms with van der Waals surface area (Å²) in [6.45, 7) is 7.57. The maximum absolute atomic E-state index is 11.6. The molecule has 0 radical (unpaired) electrons. The van der Waals surface area contributed by atoms with E-state index in [2.05, 4.69) is 19.6 Å². The fourth-order valence-corrected chi connectivity index (χ4v) is 3.48. The van der Waals surface area contributed by atoms with Crippen LogP contribution < -0.4 is 4.74 Å². The van der Waals surface area contributed by atoms with E-state index < -0.39 is 0 Å². The second-order valence-corrected chi connectivity index (χ2v) is 8.16. The summed E-state index contributed by atoms with van der Waals surface area (Å²) in [5.74, 6) is 0.268. The molecule has 28 heavy (non-hydrogen) atoms. The molecule has 0 aliphatic carbocycles. The first-order valence-electron chi connectivity index (χ1n) is 11.6. The van der Waals surface area contributed by atoms with Gasteiger partial charge in [0.1, 0.15) is 5.75 Å². The second-order valence-electron chi connectivity index (χ2n) is 8.16. The molecule has 2 heteroatoms. The fourth-order valence-electron chi connectivity index (χ4n) is 3.48. The lowest BCUT2D eigenvalue weighted by molar-refractivity contribution is -0.130. The zero-order chi connectivity index (χ0) is 20.5.